The van der Waals surface area contributed by atoms with Crippen molar-refractivity contribution in [3.8, 4) is 5.75 Å². The summed E-state index contributed by atoms with van der Waals surface area (Å²) < 4.78 is 10.3. The maximum absolute atomic E-state index is 12.3. The fourth-order valence-corrected chi connectivity index (χ4v) is 3.00. The zero-order valence-corrected chi connectivity index (χ0v) is 15.3. The Labute approximate surface area is 157 Å². The normalized spacial score (nSPS) is 11.6. The number of carbonyl (C=O) groups is 2. The smallest absolute Gasteiger partial charge is 0.341 e. The molecule has 3 aromatic carbocycles. The van der Waals surface area contributed by atoms with Crippen molar-refractivity contribution in [1.29, 1.82) is 0 Å². The van der Waals surface area contributed by atoms with E-state index in [1.807, 2.05) is 49.4 Å². The molecule has 0 spiro atoms. The van der Waals surface area contributed by atoms with Gasteiger partial charge in [-0.3, -0.25) is 4.79 Å². The lowest BCUT2D eigenvalue weighted by Gasteiger charge is -2.17. The van der Waals surface area contributed by atoms with Gasteiger partial charge in [0.15, 0.2) is 6.61 Å². The van der Waals surface area contributed by atoms with Crippen molar-refractivity contribution < 1.29 is 19.1 Å². The fourth-order valence-electron chi connectivity index (χ4n) is 3.00. The Morgan fingerprint density at radius 3 is 2.48 bits per heavy atom. The van der Waals surface area contributed by atoms with Gasteiger partial charge >= 0.3 is 5.97 Å². The van der Waals surface area contributed by atoms with E-state index >= 15 is 0 Å². The van der Waals surface area contributed by atoms with Crippen molar-refractivity contribution in [2.75, 3.05) is 13.7 Å². The molecule has 1 amide bonds. The van der Waals surface area contributed by atoms with Gasteiger partial charge in [-0.15, -0.1) is 0 Å². The summed E-state index contributed by atoms with van der Waals surface area (Å²) in [5, 5.41) is 5.17. The van der Waals surface area contributed by atoms with Gasteiger partial charge in [-0.1, -0.05) is 54.6 Å². The number of amides is 1. The summed E-state index contributed by atoms with van der Waals surface area (Å²) in [4.78, 5) is 24.1. The van der Waals surface area contributed by atoms with E-state index in [1.54, 1.807) is 24.3 Å². The Balaban J connectivity index is 1.67. The quantitative estimate of drug-likeness (QED) is 0.675. The zero-order valence-electron chi connectivity index (χ0n) is 15.3. The van der Waals surface area contributed by atoms with Gasteiger partial charge in [0.05, 0.1) is 13.2 Å². The highest BCUT2D eigenvalue weighted by atomic mass is 16.5. The molecule has 0 aromatic heterocycles. The van der Waals surface area contributed by atoms with Crippen molar-refractivity contribution in [2.45, 2.75) is 13.0 Å². The van der Waals surface area contributed by atoms with Crippen LogP contribution < -0.4 is 10.1 Å². The molecule has 0 bridgehead atoms. The van der Waals surface area contributed by atoms with Crippen LogP contribution in [-0.2, 0) is 9.53 Å². The average molecular weight is 363 g/mol. The van der Waals surface area contributed by atoms with Crippen molar-refractivity contribution in [2.24, 2.45) is 0 Å². The molecule has 1 unspecified atom stereocenters. The molecular weight excluding hydrogens is 342 g/mol. The molecule has 3 aromatic rings. The average Bonchev–Trinajstić information content (AvgIpc) is 2.71. The lowest BCUT2D eigenvalue weighted by molar-refractivity contribution is -0.123. The van der Waals surface area contributed by atoms with Crippen LogP contribution in [0.4, 0.5) is 0 Å². The van der Waals surface area contributed by atoms with Crippen LogP contribution in [0.15, 0.2) is 66.7 Å². The Morgan fingerprint density at radius 1 is 0.963 bits per heavy atom. The fraction of sp³-hybridized carbons (Fsp3) is 0.182. The van der Waals surface area contributed by atoms with E-state index in [9.17, 15) is 9.59 Å². The number of rotatable bonds is 6. The molecule has 0 aliphatic rings. The third-order valence-corrected chi connectivity index (χ3v) is 4.32. The molecule has 0 aliphatic heterocycles. The molecule has 0 radical (unpaired) electrons. The SMILES string of the molecule is COC(=O)c1ccccc1OCC(=O)NC(C)c1cccc2ccccc12. The summed E-state index contributed by atoms with van der Waals surface area (Å²) in [5.74, 6) is -0.456. The molecule has 1 atom stereocenters. The minimum absolute atomic E-state index is 0.178. The first-order valence-corrected chi connectivity index (χ1v) is 8.67. The number of carbonyl (C=O) groups excluding carboxylic acids is 2. The second-order valence-corrected chi connectivity index (χ2v) is 6.13. The third-order valence-electron chi connectivity index (χ3n) is 4.32. The molecule has 0 heterocycles. The lowest BCUT2D eigenvalue weighted by Crippen LogP contribution is -2.31. The standard InChI is InChI=1S/C22H21NO4/c1-15(17-12-7-9-16-8-3-4-10-18(16)17)23-21(24)14-27-20-13-6-5-11-19(20)22(25)26-2/h3-13,15H,14H2,1-2H3,(H,23,24). The van der Waals surface area contributed by atoms with Crippen molar-refractivity contribution in [1.82, 2.24) is 5.32 Å². The molecule has 5 nitrogen and oxygen atoms in total. The highest BCUT2D eigenvalue weighted by Gasteiger charge is 2.15. The van der Waals surface area contributed by atoms with Crippen LogP contribution in [0, 0.1) is 0 Å². The van der Waals surface area contributed by atoms with Crippen molar-refractivity contribution in [3.05, 3.63) is 77.9 Å². The first-order valence-electron chi connectivity index (χ1n) is 8.67. The minimum atomic E-state index is -0.505. The number of para-hydroxylation sites is 1. The molecular formula is C22H21NO4. The lowest BCUT2D eigenvalue weighted by atomic mass is 10.00. The van der Waals surface area contributed by atoms with E-state index in [4.69, 9.17) is 9.47 Å². The summed E-state index contributed by atoms with van der Waals surface area (Å²) in [6.45, 7) is 1.74. The first kappa shape index (κ1) is 18.5. The van der Waals surface area contributed by atoms with E-state index in [1.165, 1.54) is 7.11 Å². The highest BCUT2D eigenvalue weighted by molar-refractivity contribution is 5.92. The van der Waals surface area contributed by atoms with Gasteiger partial charge < -0.3 is 14.8 Å². The Kier molecular flexibility index (Phi) is 5.71. The number of esters is 1. The molecule has 0 fully saturated rings. The number of methoxy groups -OCH3 is 1. The second-order valence-electron chi connectivity index (χ2n) is 6.13. The van der Waals surface area contributed by atoms with E-state index < -0.39 is 5.97 Å². The van der Waals surface area contributed by atoms with Crippen molar-refractivity contribution in [3.63, 3.8) is 0 Å². The van der Waals surface area contributed by atoms with Gasteiger partial charge in [0.2, 0.25) is 0 Å². The van der Waals surface area contributed by atoms with Crippen molar-refractivity contribution >= 4 is 22.6 Å². The molecule has 0 saturated carbocycles. The van der Waals surface area contributed by atoms with E-state index in [2.05, 4.69) is 5.32 Å². The van der Waals surface area contributed by atoms with Crippen LogP contribution in [-0.4, -0.2) is 25.6 Å². The van der Waals surface area contributed by atoms with Gasteiger partial charge in [0.1, 0.15) is 11.3 Å². The second kappa shape index (κ2) is 8.36. The molecule has 3 rings (SSSR count). The van der Waals surface area contributed by atoms with Crippen LogP contribution in [0.25, 0.3) is 10.8 Å². The topological polar surface area (TPSA) is 64.6 Å². The van der Waals surface area contributed by atoms with Crippen LogP contribution in [0.2, 0.25) is 0 Å². The number of fused-ring (bicyclic) bond motifs is 1. The maximum Gasteiger partial charge on any atom is 0.341 e. The summed E-state index contributed by atoms with van der Waals surface area (Å²) in [7, 11) is 1.30. The Bertz CT molecular complexity index is 962. The van der Waals surface area contributed by atoms with Crippen LogP contribution in [0.1, 0.15) is 28.9 Å². The molecule has 0 saturated heterocycles. The predicted molar refractivity (Wildman–Crippen MR) is 104 cm³/mol. The van der Waals surface area contributed by atoms with E-state index in [0.717, 1.165) is 16.3 Å². The summed E-state index contributed by atoms with van der Waals surface area (Å²) in [5.41, 5.74) is 1.33. The van der Waals surface area contributed by atoms with Gasteiger partial charge in [0, 0.05) is 0 Å². The summed E-state index contributed by atoms with van der Waals surface area (Å²) >= 11 is 0. The first-order chi connectivity index (χ1) is 13.1. The molecule has 0 aliphatic carbocycles. The Hall–Kier alpha value is -3.34. The van der Waals surface area contributed by atoms with Gasteiger partial charge in [0.25, 0.3) is 5.91 Å². The van der Waals surface area contributed by atoms with Crippen LogP contribution in [0.3, 0.4) is 0 Å². The van der Waals surface area contributed by atoms with E-state index in [-0.39, 0.29) is 24.1 Å². The summed E-state index contributed by atoms with van der Waals surface area (Å²) in [6, 6.07) is 20.6. The molecule has 27 heavy (non-hydrogen) atoms. The monoisotopic (exact) mass is 363 g/mol. The number of hydrogen-bond donors (Lipinski definition) is 1. The zero-order chi connectivity index (χ0) is 19.2. The number of hydrogen-bond acceptors (Lipinski definition) is 4. The van der Waals surface area contributed by atoms with E-state index in [0.29, 0.717) is 5.75 Å². The molecule has 138 valence electrons. The highest BCUT2D eigenvalue weighted by Crippen LogP contribution is 2.24. The minimum Gasteiger partial charge on any atom is -0.483 e. The van der Waals surface area contributed by atoms with Gasteiger partial charge in [-0.25, -0.2) is 4.79 Å². The predicted octanol–water partition coefficient (Wildman–Crippen LogP) is 3.88. The number of nitrogens with one attached hydrogen (secondary N) is 1. The number of benzene rings is 3. The largest absolute Gasteiger partial charge is 0.483 e. The maximum atomic E-state index is 12.3. The van der Waals surface area contributed by atoms with Gasteiger partial charge in [-0.05, 0) is 35.4 Å². The van der Waals surface area contributed by atoms with Crippen LogP contribution >= 0.6 is 0 Å². The van der Waals surface area contributed by atoms with Crippen LogP contribution in [0.5, 0.6) is 5.75 Å². The van der Waals surface area contributed by atoms with Gasteiger partial charge in [-0.2, -0.15) is 0 Å². The third kappa shape index (κ3) is 4.26. The molecule has 1 N–H and O–H groups in total. The number of ether oxygens (including phenoxy) is 2. The molecule has 5 heteroatoms. The Morgan fingerprint density at radius 2 is 1.67 bits per heavy atom. The summed E-state index contributed by atoms with van der Waals surface area (Å²) in [6.07, 6.45) is 0.